The Morgan fingerprint density at radius 1 is 1.24 bits per heavy atom. The van der Waals surface area contributed by atoms with Crippen LogP contribution >= 0.6 is 0 Å². The molecule has 0 saturated carbocycles. The lowest BCUT2D eigenvalue weighted by atomic mass is 10.1. The first-order chi connectivity index (χ1) is 8.38. The predicted octanol–water partition coefficient (Wildman–Crippen LogP) is 2.85. The Morgan fingerprint density at radius 3 is 3.06 bits per heavy atom. The predicted molar refractivity (Wildman–Crippen MR) is 68.0 cm³/mol. The molecule has 1 N–H and O–H groups in total. The molecule has 1 aromatic carbocycles. The molecule has 0 aliphatic heterocycles. The van der Waals surface area contributed by atoms with Gasteiger partial charge in [-0.1, -0.05) is 6.07 Å². The van der Waals surface area contributed by atoms with Gasteiger partial charge >= 0.3 is 0 Å². The van der Waals surface area contributed by atoms with E-state index in [0.29, 0.717) is 6.42 Å². The minimum Gasteiger partial charge on any atom is -0.339 e. The average Bonchev–Trinajstić information content (AvgIpc) is 2.74. The van der Waals surface area contributed by atoms with Gasteiger partial charge in [0, 0.05) is 28.9 Å². The zero-order chi connectivity index (χ0) is 11.7. The van der Waals surface area contributed by atoms with Gasteiger partial charge in [0.05, 0.1) is 0 Å². The van der Waals surface area contributed by atoms with Crippen LogP contribution in [0.15, 0.2) is 36.5 Å². The van der Waals surface area contributed by atoms with Crippen molar-refractivity contribution in [3.05, 3.63) is 42.1 Å². The Labute approximate surface area is 98.5 Å². The molecule has 0 fully saturated rings. The number of hydrogen-bond donors (Lipinski definition) is 1. The number of aromatic nitrogens is 2. The second kappa shape index (κ2) is 4.01. The lowest BCUT2D eigenvalue weighted by Crippen LogP contribution is -1.85. The zero-order valence-corrected chi connectivity index (χ0v) is 9.31. The van der Waals surface area contributed by atoms with E-state index in [-0.39, 0.29) is 0 Å². The molecule has 17 heavy (non-hydrogen) atoms. The number of hydrogen-bond acceptors (Lipinski definition) is 2. The first-order valence-corrected chi connectivity index (χ1v) is 5.67. The highest BCUT2D eigenvalue weighted by Crippen LogP contribution is 2.24. The van der Waals surface area contributed by atoms with Crippen LogP contribution in [0.3, 0.4) is 0 Å². The summed E-state index contributed by atoms with van der Waals surface area (Å²) in [6.45, 7) is 0. The number of nitrogens with one attached hydrogen (secondary N) is 1. The molecule has 0 amide bonds. The quantitative estimate of drug-likeness (QED) is 0.695. The van der Waals surface area contributed by atoms with Crippen LogP contribution in [0.25, 0.3) is 21.9 Å². The van der Waals surface area contributed by atoms with Crippen molar-refractivity contribution in [1.82, 2.24) is 9.97 Å². The maximum atomic E-state index is 10.4. The smallest absolute Gasteiger partial charge is 0.138 e. The van der Waals surface area contributed by atoms with Crippen LogP contribution in [-0.4, -0.2) is 16.3 Å². The van der Waals surface area contributed by atoms with Gasteiger partial charge in [-0.3, -0.25) is 0 Å². The fourth-order valence-electron chi connectivity index (χ4n) is 2.15. The van der Waals surface area contributed by atoms with Crippen molar-refractivity contribution in [2.45, 2.75) is 12.8 Å². The zero-order valence-electron chi connectivity index (χ0n) is 9.31. The summed E-state index contributed by atoms with van der Waals surface area (Å²) in [5.74, 6) is 0. The van der Waals surface area contributed by atoms with Crippen molar-refractivity contribution >= 4 is 28.2 Å². The maximum absolute atomic E-state index is 10.4. The maximum Gasteiger partial charge on any atom is 0.138 e. The standard InChI is InChI=1S/C14H12N2O/c17-8-2-3-10-5-6-13-12(9-10)11-4-1-7-15-14(11)16-13/h1,4-9H,2-3H2,(H,15,16). The monoisotopic (exact) mass is 224 g/mol. The van der Waals surface area contributed by atoms with Crippen molar-refractivity contribution in [3.63, 3.8) is 0 Å². The average molecular weight is 224 g/mol. The van der Waals surface area contributed by atoms with Crippen LogP contribution in [0.5, 0.6) is 0 Å². The van der Waals surface area contributed by atoms with Gasteiger partial charge in [0.1, 0.15) is 11.9 Å². The molecule has 0 aliphatic rings. The summed E-state index contributed by atoms with van der Waals surface area (Å²) in [7, 11) is 0. The first-order valence-electron chi connectivity index (χ1n) is 5.67. The number of nitrogens with zero attached hydrogens (tertiary/aromatic N) is 1. The fraction of sp³-hybridized carbons (Fsp3) is 0.143. The number of fused-ring (bicyclic) bond motifs is 3. The number of carbonyl (C=O) groups is 1. The molecular formula is C14H12N2O. The summed E-state index contributed by atoms with van der Waals surface area (Å²) in [4.78, 5) is 18.0. The summed E-state index contributed by atoms with van der Waals surface area (Å²) in [5.41, 5.74) is 3.19. The van der Waals surface area contributed by atoms with E-state index in [2.05, 4.69) is 34.2 Å². The third-order valence-electron chi connectivity index (χ3n) is 2.99. The Morgan fingerprint density at radius 2 is 2.18 bits per heavy atom. The van der Waals surface area contributed by atoms with Crippen molar-refractivity contribution < 1.29 is 4.79 Å². The van der Waals surface area contributed by atoms with Gasteiger partial charge in [0.15, 0.2) is 0 Å². The number of aldehydes is 1. The largest absolute Gasteiger partial charge is 0.339 e. The van der Waals surface area contributed by atoms with E-state index in [4.69, 9.17) is 0 Å². The van der Waals surface area contributed by atoms with Crippen molar-refractivity contribution in [2.75, 3.05) is 0 Å². The minimum atomic E-state index is 0.576. The van der Waals surface area contributed by atoms with Crippen molar-refractivity contribution in [1.29, 1.82) is 0 Å². The number of H-pyrrole nitrogens is 1. The Bertz CT molecular complexity index is 685. The number of aromatic amines is 1. The van der Waals surface area contributed by atoms with Gasteiger partial charge < -0.3 is 9.78 Å². The van der Waals surface area contributed by atoms with Gasteiger partial charge in [-0.2, -0.15) is 0 Å². The van der Waals surface area contributed by atoms with E-state index in [1.807, 2.05) is 6.07 Å². The molecular weight excluding hydrogens is 212 g/mol. The molecule has 0 aliphatic carbocycles. The fourth-order valence-corrected chi connectivity index (χ4v) is 2.15. The number of pyridine rings is 1. The third-order valence-corrected chi connectivity index (χ3v) is 2.99. The Hall–Kier alpha value is -2.16. The van der Waals surface area contributed by atoms with Crippen LogP contribution in [0.4, 0.5) is 0 Å². The normalized spacial score (nSPS) is 11.1. The van der Waals surface area contributed by atoms with E-state index in [1.54, 1.807) is 6.20 Å². The molecule has 3 aromatic rings. The summed E-state index contributed by atoms with van der Waals surface area (Å²) in [6, 6.07) is 10.2. The molecule has 2 aromatic heterocycles. The van der Waals surface area contributed by atoms with Gasteiger partial charge in [-0.25, -0.2) is 4.98 Å². The van der Waals surface area contributed by atoms with E-state index in [9.17, 15) is 4.79 Å². The second-order valence-electron chi connectivity index (χ2n) is 4.11. The van der Waals surface area contributed by atoms with Crippen LogP contribution < -0.4 is 0 Å². The van der Waals surface area contributed by atoms with Gasteiger partial charge in [-0.15, -0.1) is 0 Å². The molecule has 0 spiro atoms. The molecule has 84 valence electrons. The molecule has 0 atom stereocenters. The Kier molecular flexibility index (Phi) is 2.37. The van der Waals surface area contributed by atoms with Crippen LogP contribution in [0.2, 0.25) is 0 Å². The topological polar surface area (TPSA) is 45.8 Å². The van der Waals surface area contributed by atoms with E-state index in [0.717, 1.165) is 29.3 Å². The second-order valence-corrected chi connectivity index (χ2v) is 4.11. The van der Waals surface area contributed by atoms with Crippen LogP contribution in [-0.2, 0) is 11.2 Å². The third kappa shape index (κ3) is 1.69. The molecule has 2 heterocycles. The molecule has 3 rings (SSSR count). The van der Waals surface area contributed by atoms with Gasteiger partial charge in [0.25, 0.3) is 0 Å². The highest BCUT2D eigenvalue weighted by atomic mass is 16.1. The first kappa shape index (κ1) is 10.0. The minimum absolute atomic E-state index is 0.576. The van der Waals surface area contributed by atoms with Crippen molar-refractivity contribution in [3.8, 4) is 0 Å². The summed E-state index contributed by atoms with van der Waals surface area (Å²) < 4.78 is 0. The Balaban J connectivity index is 2.19. The number of carbonyl (C=O) groups excluding carboxylic acids is 1. The summed E-state index contributed by atoms with van der Waals surface area (Å²) in [6.07, 6.45) is 4.12. The molecule has 0 saturated heterocycles. The lowest BCUT2D eigenvalue weighted by Gasteiger charge is -1.98. The molecule has 0 unspecified atom stereocenters. The van der Waals surface area contributed by atoms with E-state index < -0.39 is 0 Å². The van der Waals surface area contributed by atoms with Gasteiger partial charge in [-0.05, 0) is 36.2 Å². The molecule has 3 nitrogen and oxygen atoms in total. The van der Waals surface area contributed by atoms with E-state index in [1.165, 1.54) is 10.9 Å². The number of aryl methyl sites for hydroxylation is 1. The van der Waals surface area contributed by atoms with E-state index >= 15 is 0 Å². The molecule has 3 heteroatoms. The summed E-state index contributed by atoms with van der Waals surface area (Å²) in [5, 5.41) is 2.31. The molecule has 0 radical (unpaired) electrons. The van der Waals surface area contributed by atoms with Crippen molar-refractivity contribution in [2.24, 2.45) is 0 Å². The number of benzene rings is 1. The molecule has 0 bridgehead atoms. The highest BCUT2D eigenvalue weighted by molar-refractivity contribution is 6.05. The lowest BCUT2D eigenvalue weighted by molar-refractivity contribution is -0.107. The van der Waals surface area contributed by atoms with Crippen LogP contribution in [0, 0.1) is 0 Å². The SMILES string of the molecule is O=CCCc1ccc2[nH]c3ncccc3c2c1. The summed E-state index contributed by atoms with van der Waals surface area (Å²) >= 11 is 0. The van der Waals surface area contributed by atoms with Crippen LogP contribution in [0.1, 0.15) is 12.0 Å². The number of rotatable bonds is 3. The highest BCUT2D eigenvalue weighted by Gasteiger charge is 2.04. The van der Waals surface area contributed by atoms with Gasteiger partial charge in [0.2, 0.25) is 0 Å².